The number of nitrogens with zero attached hydrogens (tertiary/aromatic N) is 5. The predicted octanol–water partition coefficient (Wildman–Crippen LogP) is -0.536. The number of aromatic nitrogens is 6. The van der Waals surface area contributed by atoms with Gasteiger partial charge < -0.3 is 5.73 Å². The summed E-state index contributed by atoms with van der Waals surface area (Å²) in [5.41, 5.74) is 5.62. The third-order valence-electron chi connectivity index (χ3n) is 1.73. The molecular formula is C7H11N7. The normalized spacial score (nSPS) is 13.0. The second-order valence-electron chi connectivity index (χ2n) is 3.02. The van der Waals surface area contributed by atoms with E-state index in [1.54, 1.807) is 11.0 Å². The minimum atomic E-state index is -0.157. The van der Waals surface area contributed by atoms with Crippen LogP contribution in [0.1, 0.15) is 24.6 Å². The van der Waals surface area contributed by atoms with Gasteiger partial charge in [0.15, 0.2) is 5.82 Å². The molecule has 14 heavy (non-hydrogen) atoms. The Morgan fingerprint density at radius 1 is 1.64 bits per heavy atom. The minimum absolute atomic E-state index is 0.157. The highest BCUT2D eigenvalue weighted by Gasteiger charge is 2.07. The van der Waals surface area contributed by atoms with Gasteiger partial charge in [0.2, 0.25) is 0 Å². The van der Waals surface area contributed by atoms with Gasteiger partial charge in [-0.15, -0.1) is 0 Å². The summed E-state index contributed by atoms with van der Waals surface area (Å²) in [6.07, 6.45) is 3.09. The second-order valence-corrected chi connectivity index (χ2v) is 3.02. The van der Waals surface area contributed by atoms with E-state index in [9.17, 15) is 0 Å². The Hall–Kier alpha value is -1.76. The van der Waals surface area contributed by atoms with Crippen LogP contribution in [0.4, 0.5) is 0 Å². The average molecular weight is 193 g/mol. The average Bonchev–Trinajstić information content (AvgIpc) is 2.75. The van der Waals surface area contributed by atoms with Crippen LogP contribution in [-0.4, -0.2) is 29.9 Å². The smallest absolute Gasteiger partial charge is 0.167 e. The lowest BCUT2D eigenvalue weighted by molar-refractivity contribution is 0.654. The SMILES string of the molecule is C[C@@H](N)c1n[nH]c(Cn2cncn2)n1. The highest BCUT2D eigenvalue weighted by molar-refractivity contribution is 4.94. The van der Waals surface area contributed by atoms with Crippen LogP contribution in [0.25, 0.3) is 0 Å². The topological polar surface area (TPSA) is 98.3 Å². The molecule has 1 atom stereocenters. The number of nitrogens with two attached hydrogens (primary N) is 1. The standard InChI is InChI=1S/C7H11N7/c1-5(8)7-11-6(12-13-7)2-14-4-9-3-10-14/h3-5H,2,8H2,1H3,(H,11,12,13)/t5-/m1/s1. The molecule has 0 aliphatic rings. The van der Waals surface area contributed by atoms with Gasteiger partial charge in [-0.2, -0.15) is 10.2 Å². The highest BCUT2D eigenvalue weighted by Crippen LogP contribution is 2.02. The molecule has 0 unspecified atom stereocenters. The number of aromatic amines is 1. The molecule has 0 saturated carbocycles. The van der Waals surface area contributed by atoms with Crippen molar-refractivity contribution in [3.63, 3.8) is 0 Å². The van der Waals surface area contributed by atoms with Crippen LogP contribution < -0.4 is 5.73 Å². The molecule has 0 spiro atoms. The Kier molecular flexibility index (Phi) is 2.23. The molecule has 0 aliphatic carbocycles. The summed E-state index contributed by atoms with van der Waals surface area (Å²) in [4.78, 5) is 8.03. The van der Waals surface area contributed by atoms with Crippen molar-refractivity contribution in [2.75, 3.05) is 0 Å². The molecule has 7 heteroatoms. The summed E-state index contributed by atoms with van der Waals surface area (Å²) in [7, 11) is 0. The van der Waals surface area contributed by atoms with Crippen LogP contribution in [0.5, 0.6) is 0 Å². The zero-order valence-corrected chi connectivity index (χ0v) is 7.75. The van der Waals surface area contributed by atoms with Gasteiger partial charge in [-0.1, -0.05) is 0 Å². The first-order valence-corrected chi connectivity index (χ1v) is 4.25. The van der Waals surface area contributed by atoms with Crippen molar-refractivity contribution in [1.82, 2.24) is 29.9 Å². The van der Waals surface area contributed by atoms with Gasteiger partial charge in [0.1, 0.15) is 25.0 Å². The van der Waals surface area contributed by atoms with E-state index in [-0.39, 0.29) is 6.04 Å². The van der Waals surface area contributed by atoms with E-state index in [1.807, 2.05) is 6.92 Å². The molecule has 3 N–H and O–H groups in total. The van der Waals surface area contributed by atoms with E-state index in [1.165, 1.54) is 6.33 Å². The largest absolute Gasteiger partial charge is 0.321 e. The Labute approximate surface area is 80.4 Å². The second kappa shape index (κ2) is 3.54. The molecule has 0 radical (unpaired) electrons. The van der Waals surface area contributed by atoms with Crippen LogP contribution in [0.15, 0.2) is 12.7 Å². The summed E-state index contributed by atoms with van der Waals surface area (Å²) in [5.74, 6) is 1.34. The maximum atomic E-state index is 5.62. The molecule has 0 amide bonds. The van der Waals surface area contributed by atoms with E-state index in [2.05, 4.69) is 25.3 Å². The Morgan fingerprint density at radius 2 is 2.50 bits per heavy atom. The van der Waals surface area contributed by atoms with E-state index in [0.29, 0.717) is 12.4 Å². The van der Waals surface area contributed by atoms with E-state index < -0.39 is 0 Å². The van der Waals surface area contributed by atoms with E-state index in [4.69, 9.17) is 5.73 Å². The molecule has 2 rings (SSSR count). The lowest BCUT2D eigenvalue weighted by Gasteiger charge is -1.95. The van der Waals surface area contributed by atoms with Crippen molar-refractivity contribution in [2.45, 2.75) is 19.5 Å². The van der Waals surface area contributed by atoms with Crippen molar-refractivity contribution in [3.05, 3.63) is 24.3 Å². The number of rotatable bonds is 3. The highest BCUT2D eigenvalue weighted by atomic mass is 15.3. The summed E-state index contributed by atoms with van der Waals surface area (Å²) in [6.45, 7) is 2.36. The molecule has 7 nitrogen and oxygen atoms in total. The van der Waals surface area contributed by atoms with Crippen molar-refractivity contribution >= 4 is 0 Å². The molecule has 0 fully saturated rings. The zero-order valence-electron chi connectivity index (χ0n) is 7.75. The van der Waals surface area contributed by atoms with E-state index >= 15 is 0 Å². The van der Waals surface area contributed by atoms with Crippen LogP contribution in [-0.2, 0) is 6.54 Å². The molecule has 2 aromatic heterocycles. The summed E-state index contributed by atoms with van der Waals surface area (Å²) >= 11 is 0. The number of H-pyrrole nitrogens is 1. The van der Waals surface area contributed by atoms with Crippen molar-refractivity contribution in [2.24, 2.45) is 5.73 Å². The molecular weight excluding hydrogens is 182 g/mol. The van der Waals surface area contributed by atoms with Gasteiger partial charge in [0, 0.05) is 0 Å². The van der Waals surface area contributed by atoms with Crippen LogP contribution in [0.2, 0.25) is 0 Å². The summed E-state index contributed by atoms with van der Waals surface area (Å²) < 4.78 is 1.66. The van der Waals surface area contributed by atoms with Crippen LogP contribution >= 0.6 is 0 Å². The zero-order chi connectivity index (χ0) is 9.97. The molecule has 74 valence electrons. The third-order valence-corrected chi connectivity index (χ3v) is 1.73. The molecule has 0 saturated heterocycles. The monoisotopic (exact) mass is 193 g/mol. The van der Waals surface area contributed by atoms with Crippen molar-refractivity contribution in [3.8, 4) is 0 Å². The van der Waals surface area contributed by atoms with Gasteiger partial charge in [0.25, 0.3) is 0 Å². The fraction of sp³-hybridized carbons (Fsp3) is 0.429. The Balaban J connectivity index is 2.11. The lowest BCUT2D eigenvalue weighted by atomic mass is 10.3. The van der Waals surface area contributed by atoms with Crippen LogP contribution in [0, 0.1) is 0 Å². The molecule has 2 aromatic rings. The maximum Gasteiger partial charge on any atom is 0.167 e. The maximum absolute atomic E-state index is 5.62. The quantitative estimate of drug-likeness (QED) is 0.682. The minimum Gasteiger partial charge on any atom is -0.321 e. The van der Waals surface area contributed by atoms with Gasteiger partial charge in [-0.05, 0) is 6.92 Å². The van der Waals surface area contributed by atoms with Gasteiger partial charge >= 0.3 is 0 Å². The first kappa shape index (κ1) is 8.82. The van der Waals surface area contributed by atoms with Crippen LogP contribution in [0.3, 0.4) is 0 Å². The van der Waals surface area contributed by atoms with Gasteiger partial charge in [0.05, 0.1) is 6.04 Å². The molecule has 0 bridgehead atoms. The Bertz CT molecular complexity index is 388. The fourth-order valence-electron chi connectivity index (χ4n) is 1.05. The number of nitrogens with one attached hydrogen (secondary N) is 1. The first-order chi connectivity index (χ1) is 6.75. The predicted molar refractivity (Wildman–Crippen MR) is 48.1 cm³/mol. The summed E-state index contributed by atoms with van der Waals surface area (Å²) in [6, 6.07) is -0.157. The van der Waals surface area contributed by atoms with Gasteiger partial charge in [-0.25, -0.2) is 14.6 Å². The molecule has 0 aliphatic heterocycles. The van der Waals surface area contributed by atoms with E-state index in [0.717, 1.165) is 5.82 Å². The van der Waals surface area contributed by atoms with Crippen molar-refractivity contribution in [1.29, 1.82) is 0 Å². The number of hydrogen-bond acceptors (Lipinski definition) is 5. The molecule has 0 aromatic carbocycles. The molecule has 2 heterocycles. The first-order valence-electron chi connectivity index (χ1n) is 4.25. The lowest BCUT2D eigenvalue weighted by Crippen LogP contribution is -2.07. The van der Waals surface area contributed by atoms with Gasteiger partial charge in [-0.3, -0.25) is 5.10 Å². The third kappa shape index (κ3) is 1.77. The Morgan fingerprint density at radius 3 is 3.07 bits per heavy atom. The summed E-state index contributed by atoms with van der Waals surface area (Å²) in [5, 5.41) is 10.7. The number of hydrogen-bond donors (Lipinski definition) is 2. The van der Waals surface area contributed by atoms with Crippen molar-refractivity contribution < 1.29 is 0 Å². The fourth-order valence-corrected chi connectivity index (χ4v) is 1.05.